The van der Waals surface area contributed by atoms with E-state index in [2.05, 4.69) is 46.5 Å². The van der Waals surface area contributed by atoms with Crippen LogP contribution in [0, 0.1) is 39.2 Å². The summed E-state index contributed by atoms with van der Waals surface area (Å²) in [5, 5.41) is 0. The minimum atomic E-state index is -1.59. The SMILES string of the molecule is C/C=C(\[CH][CH][CH][C@@H](CCCCC)O[C-]=O)O[Si](C)(C)C.[C-]#[O+].[C-]#[O+].[C-]#[O+].[Fe]. The normalized spacial score (nSPS) is 10.6. The van der Waals surface area contributed by atoms with Crippen molar-refractivity contribution in [3.8, 4) is 0 Å². The van der Waals surface area contributed by atoms with Crippen molar-refractivity contribution < 1.29 is 45.0 Å². The molecule has 0 aliphatic heterocycles. The average molecular weight is 436 g/mol. The van der Waals surface area contributed by atoms with Crippen LogP contribution < -0.4 is 0 Å². The third kappa shape index (κ3) is 33.0. The van der Waals surface area contributed by atoms with Crippen LogP contribution in [0.25, 0.3) is 0 Å². The molecular formula is C19H28FeO6Si-. The van der Waals surface area contributed by atoms with Crippen LogP contribution in [0.15, 0.2) is 11.8 Å². The van der Waals surface area contributed by atoms with Gasteiger partial charge in [0.25, 0.3) is 0 Å². The third-order valence-corrected chi connectivity index (χ3v) is 3.43. The smallest absolute Gasteiger partial charge is 0 e. The van der Waals surface area contributed by atoms with Crippen molar-refractivity contribution >= 4 is 14.8 Å². The van der Waals surface area contributed by atoms with Crippen LogP contribution in [-0.4, -0.2) is 20.9 Å². The molecule has 0 aromatic rings. The molecule has 153 valence electrons. The fourth-order valence-corrected chi connectivity index (χ4v) is 2.56. The van der Waals surface area contributed by atoms with E-state index < -0.39 is 8.32 Å². The maximum Gasteiger partial charge on any atom is 0 e. The molecule has 0 amide bonds. The fourth-order valence-electron chi connectivity index (χ4n) is 1.67. The average Bonchev–Trinajstić information content (AvgIpc) is 2.65. The second kappa shape index (κ2) is 29.7. The van der Waals surface area contributed by atoms with Crippen LogP contribution in [0.2, 0.25) is 19.6 Å². The molecule has 0 aliphatic carbocycles. The Morgan fingerprint density at radius 1 is 1.11 bits per heavy atom. The molecule has 3 radical (unpaired) electrons. The van der Waals surface area contributed by atoms with E-state index in [9.17, 15) is 4.79 Å². The number of ether oxygens (including phenoxy) is 1. The summed E-state index contributed by atoms with van der Waals surface area (Å²) in [7, 11) is -1.59. The number of unbranched alkanes of at least 4 members (excludes halogenated alkanes) is 2. The summed E-state index contributed by atoms with van der Waals surface area (Å²) in [5.74, 6) is 0.864. The molecule has 6 nitrogen and oxygen atoms in total. The number of carbonyl (C=O) groups excluding carboxylic acids is 1. The molecule has 0 saturated carbocycles. The first-order valence-electron chi connectivity index (χ1n) is 7.93. The molecule has 0 bridgehead atoms. The minimum absolute atomic E-state index is 0. The van der Waals surface area contributed by atoms with Gasteiger partial charge in [0.15, 0.2) is 0 Å². The summed E-state index contributed by atoms with van der Waals surface area (Å²) < 4.78 is 33.3. The van der Waals surface area contributed by atoms with Crippen molar-refractivity contribution in [3.63, 3.8) is 0 Å². The molecule has 27 heavy (non-hydrogen) atoms. The Morgan fingerprint density at radius 2 is 1.63 bits per heavy atom. The van der Waals surface area contributed by atoms with Crippen molar-refractivity contribution in [1.29, 1.82) is 0 Å². The van der Waals surface area contributed by atoms with E-state index in [0.717, 1.165) is 31.4 Å². The topological polar surface area (TPSA) is 95.2 Å². The van der Waals surface area contributed by atoms with Gasteiger partial charge in [-0.3, -0.25) is 0 Å². The Kier molecular flexibility index (Phi) is 40.5. The van der Waals surface area contributed by atoms with Gasteiger partial charge in [-0.1, -0.05) is 32.3 Å². The Labute approximate surface area is 176 Å². The van der Waals surface area contributed by atoms with E-state index in [1.54, 1.807) is 0 Å². The molecule has 1 atom stereocenters. The second-order valence-corrected chi connectivity index (χ2v) is 10.1. The monoisotopic (exact) mass is 436 g/mol. The van der Waals surface area contributed by atoms with E-state index >= 15 is 0 Å². The molecule has 0 N–H and O–H groups in total. The maximum absolute atomic E-state index is 10.4. The zero-order valence-electron chi connectivity index (χ0n) is 16.5. The molecule has 0 fully saturated rings. The van der Waals surface area contributed by atoms with Crippen LogP contribution in [0.3, 0.4) is 0 Å². The van der Waals surface area contributed by atoms with Gasteiger partial charge in [-0.2, -0.15) is 0 Å². The van der Waals surface area contributed by atoms with Crippen LogP contribution in [-0.2, 0) is 45.0 Å². The molecule has 0 aliphatic rings. The first-order valence-corrected chi connectivity index (χ1v) is 11.3. The molecule has 0 aromatic carbocycles. The van der Waals surface area contributed by atoms with Gasteiger partial charge in [0.2, 0.25) is 8.32 Å². The van der Waals surface area contributed by atoms with Crippen LogP contribution >= 0.6 is 0 Å². The van der Waals surface area contributed by atoms with Crippen molar-refractivity contribution in [2.75, 3.05) is 0 Å². The summed E-state index contributed by atoms with van der Waals surface area (Å²) in [4.78, 5) is 10.4. The van der Waals surface area contributed by atoms with E-state index in [-0.39, 0.29) is 23.2 Å². The first kappa shape index (κ1) is 36.8. The zero-order valence-corrected chi connectivity index (χ0v) is 18.6. The van der Waals surface area contributed by atoms with E-state index in [1.165, 1.54) is 6.47 Å². The van der Waals surface area contributed by atoms with Gasteiger partial charge >= 0.3 is 33.9 Å². The van der Waals surface area contributed by atoms with E-state index in [0.29, 0.717) is 0 Å². The summed E-state index contributed by atoms with van der Waals surface area (Å²) in [5.41, 5.74) is 0. The van der Waals surface area contributed by atoms with E-state index in [4.69, 9.17) is 23.1 Å². The van der Waals surface area contributed by atoms with Crippen molar-refractivity contribution in [2.45, 2.75) is 65.3 Å². The van der Waals surface area contributed by atoms with Gasteiger partial charge < -0.3 is 14.0 Å². The molecule has 0 heterocycles. The Balaban J connectivity index is -0.000000208. The van der Waals surface area contributed by atoms with E-state index in [1.807, 2.05) is 32.3 Å². The van der Waals surface area contributed by atoms with Gasteiger partial charge in [0.05, 0.1) is 11.9 Å². The van der Waals surface area contributed by atoms with Gasteiger partial charge in [-0.25, -0.2) is 0 Å². The summed E-state index contributed by atoms with van der Waals surface area (Å²) >= 11 is 0. The zero-order chi connectivity index (χ0) is 21.4. The summed E-state index contributed by atoms with van der Waals surface area (Å²) in [6, 6.07) is 0. The van der Waals surface area contributed by atoms with Crippen LogP contribution in [0.5, 0.6) is 0 Å². The second-order valence-electron chi connectivity index (χ2n) is 5.69. The summed E-state index contributed by atoms with van der Waals surface area (Å²) in [6.07, 6.45) is 11.6. The molecule has 0 spiro atoms. The third-order valence-electron chi connectivity index (χ3n) is 2.59. The number of allylic oxidation sites excluding steroid dienone is 2. The number of hydrogen-bond acceptors (Lipinski definition) is 3. The quantitative estimate of drug-likeness (QED) is 0.150. The molecule has 0 aromatic heterocycles. The predicted molar refractivity (Wildman–Crippen MR) is 97.6 cm³/mol. The van der Waals surface area contributed by atoms with Crippen molar-refractivity contribution in [1.82, 2.24) is 0 Å². The summed E-state index contributed by atoms with van der Waals surface area (Å²) in [6.45, 7) is 25.6. The van der Waals surface area contributed by atoms with Gasteiger partial charge in [0, 0.05) is 29.9 Å². The molecule has 0 rings (SSSR count). The first-order chi connectivity index (χ1) is 12.4. The fraction of sp³-hybridized carbons (Fsp3) is 0.526. The Bertz CT molecular complexity index is 385. The minimum Gasteiger partial charge on any atom is 0 e. The standard InChI is InChI=1S/C16H28O3Si.3CO.Fe/c1-6-8-9-11-16(18-14-17)13-10-12-15(7-2)19-20(3,4)5;3*1-2;/h7,10,12-13,16H,6,8-9,11H2,1-5H3;;;;/q-1;;;;/b15-7+;;;;/t16-;;;;/m1..../s1. The largest absolute Gasteiger partial charge is 0 e. The van der Waals surface area contributed by atoms with Crippen molar-refractivity contribution in [2.24, 2.45) is 0 Å². The molecule has 8 heteroatoms. The molecule has 0 unspecified atom stereocenters. The number of hydrogen-bond donors (Lipinski definition) is 0. The van der Waals surface area contributed by atoms with Gasteiger partial charge in [-0.05, 0) is 45.8 Å². The molecule has 0 saturated heterocycles. The maximum atomic E-state index is 10.4. The van der Waals surface area contributed by atoms with Gasteiger partial charge in [0.1, 0.15) is 0 Å². The van der Waals surface area contributed by atoms with Crippen LogP contribution in [0.4, 0.5) is 0 Å². The Morgan fingerprint density at radius 3 is 2.00 bits per heavy atom. The Hall–Kier alpha value is -1.03. The predicted octanol–water partition coefficient (Wildman–Crippen LogP) is 4.27. The molecular weight excluding hydrogens is 408 g/mol. The number of rotatable bonds is 12. The van der Waals surface area contributed by atoms with Gasteiger partial charge in [-0.15, -0.1) is 0 Å². The van der Waals surface area contributed by atoms with Crippen molar-refractivity contribution in [3.05, 3.63) is 51.0 Å². The van der Waals surface area contributed by atoms with Crippen LogP contribution in [0.1, 0.15) is 39.5 Å².